The molecule has 10 heteroatoms. The fourth-order valence-electron chi connectivity index (χ4n) is 2.64. The SMILES string of the molecule is CN(C(=O)OC(C)(C)C)c1cc(Cl)nc2c(C(=O)N[C@H]3CC[C@H]3O)cnn12. The Morgan fingerprint density at radius 3 is 2.67 bits per heavy atom. The molecule has 0 spiro atoms. The second-order valence-electron chi connectivity index (χ2n) is 7.49. The van der Waals surface area contributed by atoms with Gasteiger partial charge in [-0.1, -0.05) is 11.6 Å². The number of aromatic nitrogens is 3. The number of rotatable bonds is 3. The van der Waals surface area contributed by atoms with Crippen LogP contribution in [0.5, 0.6) is 0 Å². The molecular formula is C17H22ClN5O4. The first-order valence-corrected chi connectivity index (χ1v) is 8.94. The number of aliphatic hydroxyl groups excluding tert-OH is 1. The predicted octanol–water partition coefficient (Wildman–Crippen LogP) is 2.01. The molecular weight excluding hydrogens is 374 g/mol. The predicted molar refractivity (Wildman–Crippen MR) is 99.1 cm³/mol. The number of fused-ring (bicyclic) bond motifs is 1. The number of ether oxygens (including phenoxy) is 1. The van der Waals surface area contributed by atoms with E-state index in [0.717, 1.165) is 0 Å². The number of nitrogens with one attached hydrogen (secondary N) is 1. The number of aliphatic hydroxyl groups is 1. The van der Waals surface area contributed by atoms with Crippen LogP contribution in [0.15, 0.2) is 12.3 Å². The van der Waals surface area contributed by atoms with E-state index < -0.39 is 23.7 Å². The van der Waals surface area contributed by atoms with Crippen molar-refractivity contribution in [1.29, 1.82) is 0 Å². The molecule has 146 valence electrons. The molecule has 1 aliphatic rings. The Balaban J connectivity index is 1.93. The monoisotopic (exact) mass is 395 g/mol. The molecule has 2 heterocycles. The first kappa shape index (κ1) is 19.4. The van der Waals surface area contributed by atoms with E-state index in [1.165, 1.54) is 28.7 Å². The fourth-order valence-corrected chi connectivity index (χ4v) is 2.82. The summed E-state index contributed by atoms with van der Waals surface area (Å²) in [5.74, 6) is -0.101. The second kappa shape index (κ2) is 6.97. The van der Waals surface area contributed by atoms with Gasteiger partial charge in [-0.15, -0.1) is 0 Å². The van der Waals surface area contributed by atoms with Crippen LogP contribution in [0, 0.1) is 0 Å². The average Bonchev–Trinajstić information content (AvgIpc) is 2.98. The summed E-state index contributed by atoms with van der Waals surface area (Å²) in [5, 5.41) is 16.7. The molecule has 1 aliphatic carbocycles. The highest BCUT2D eigenvalue weighted by Crippen LogP contribution is 2.24. The van der Waals surface area contributed by atoms with Crippen LogP contribution in [0.1, 0.15) is 44.0 Å². The summed E-state index contributed by atoms with van der Waals surface area (Å²) < 4.78 is 6.71. The van der Waals surface area contributed by atoms with Gasteiger partial charge in [0, 0.05) is 13.1 Å². The summed E-state index contributed by atoms with van der Waals surface area (Å²) in [7, 11) is 1.52. The van der Waals surface area contributed by atoms with Crippen LogP contribution in [0.3, 0.4) is 0 Å². The third-order valence-corrected chi connectivity index (χ3v) is 4.43. The van der Waals surface area contributed by atoms with Gasteiger partial charge in [0.05, 0.1) is 18.3 Å². The first-order valence-electron chi connectivity index (χ1n) is 8.57. The Labute approximate surface area is 161 Å². The molecule has 0 saturated heterocycles. The summed E-state index contributed by atoms with van der Waals surface area (Å²) >= 11 is 6.10. The number of hydrogen-bond donors (Lipinski definition) is 2. The van der Waals surface area contributed by atoms with Crippen LogP contribution >= 0.6 is 11.6 Å². The summed E-state index contributed by atoms with van der Waals surface area (Å²) in [6.07, 6.45) is 1.60. The van der Waals surface area contributed by atoms with Crippen LogP contribution in [-0.2, 0) is 4.74 Å². The molecule has 0 bridgehead atoms. The van der Waals surface area contributed by atoms with Gasteiger partial charge >= 0.3 is 6.09 Å². The lowest BCUT2D eigenvalue weighted by Gasteiger charge is -2.32. The number of carbonyl (C=O) groups excluding carboxylic acids is 2. The molecule has 27 heavy (non-hydrogen) atoms. The lowest BCUT2D eigenvalue weighted by atomic mass is 9.89. The molecule has 0 unspecified atom stereocenters. The van der Waals surface area contributed by atoms with Crippen molar-refractivity contribution >= 4 is 35.1 Å². The summed E-state index contributed by atoms with van der Waals surface area (Å²) in [6, 6.07) is 1.18. The van der Waals surface area contributed by atoms with Gasteiger partial charge in [0.15, 0.2) is 5.65 Å². The Hall–Kier alpha value is -2.39. The zero-order chi connectivity index (χ0) is 19.9. The van der Waals surface area contributed by atoms with Crippen molar-refractivity contribution in [2.75, 3.05) is 11.9 Å². The maximum atomic E-state index is 12.5. The van der Waals surface area contributed by atoms with Crippen molar-refractivity contribution in [3.05, 3.63) is 23.0 Å². The van der Waals surface area contributed by atoms with Gasteiger partial charge in [-0.05, 0) is 33.6 Å². The van der Waals surface area contributed by atoms with E-state index in [2.05, 4.69) is 15.4 Å². The Morgan fingerprint density at radius 2 is 2.11 bits per heavy atom. The van der Waals surface area contributed by atoms with E-state index in [4.69, 9.17) is 16.3 Å². The van der Waals surface area contributed by atoms with Crippen molar-refractivity contribution in [2.45, 2.75) is 51.4 Å². The maximum absolute atomic E-state index is 12.5. The average molecular weight is 396 g/mol. The largest absolute Gasteiger partial charge is 0.443 e. The molecule has 1 saturated carbocycles. The minimum Gasteiger partial charge on any atom is -0.443 e. The van der Waals surface area contributed by atoms with Crippen molar-refractivity contribution in [1.82, 2.24) is 19.9 Å². The van der Waals surface area contributed by atoms with Crippen molar-refractivity contribution in [2.24, 2.45) is 0 Å². The Morgan fingerprint density at radius 1 is 1.41 bits per heavy atom. The van der Waals surface area contributed by atoms with Gasteiger partial charge in [0.2, 0.25) is 0 Å². The first-order chi connectivity index (χ1) is 12.6. The molecule has 0 aliphatic heterocycles. The van der Waals surface area contributed by atoms with Crippen LogP contribution in [0.2, 0.25) is 5.15 Å². The number of carbonyl (C=O) groups is 2. The second-order valence-corrected chi connectivity index (χ2v) is 7.88. The zero-order valence-electron chi connectivity index (χ0n) is 15.6. The van der Waals surface area contributed by atoms with Crippen molar-refractivity contribution in [3.8, 4) is 0 Å². The highest BCUT2D eigenvalue weighted by atomic mass is 35.5. The molecule has 0 radical (unpaired) electrons. The van der Waals surface area contributed by atoms with E-state index in [1.54, 1.807) is 20.8 Å². The maximum Gasteiger partial charge on any atom is 0.415 e. The van der Waals surface area contributed by atoms with E-state index in [1.807, 2.05) is 0 Å². The van der Waals surface area contributed by atoms with Gasteiger partial charge in [-0.25, -0.2) is 9.78 Å². The lowest BCUT2D eigenvalue weighted by molar-refractivity contribution is 0.0448. The number of hydrogen-bond acceptors (Lipinski definition) is 6. The smallest absolute Gasteiger partial charge is 0.415 e. The van der Waals surface area contributed by atoms with Gasteiger partial charge in [-0.2, -0.15) is 9.61 Å². The minimum atomic E-state index is -0.667. The summed E-state index contributed by atoms with van der Waals surface area (Å²) in [6.45, 7) is 5.29. The molecule has 2 amide bonds. The van der Waals surface area contributed by atoms with Crippen LogP contribution < -0.4 is 10.2 Å². The highest BCUT2D eigenvalue weighted by Gasteiger charge is 2.31. The van der Waals surface area contributed by atoms with E-state index in [9.17, 15) is 14.7 Å². The third-order valence-electron chi connectivity index (χ3n) is 4.23. The third kappa shape index (κ3) is 3.98. The zero-order valence-corrected chi connectivity index (χ0v) is 16.3. The van der Waals surface area contributed by atoms with Crippen LogP contribution in [0.25, 0.3) is 5.65 Å². The van der Waals surface area contributed by atoms with Gasteiger partial charge < -0.3 is 15.2 Å². The van der Waals surface area contributed by atoms with E-state index in [-0.39, 0.29) is 22.4 Å². The van der Waals surface area contributed by atoms with Crippen molar-refractivity contribution < 1.29 is 19.4 Å². The molecule has 2 N–H and O–H groups in total. The van der Waals surface area contributed by atoms with Gasteiger partial charge in [0.25, 0.3) is 5.91 Å². The van der Waals surface area contributed by atoms with Crippen LogP contribution in [-0.4, -0.2) is 56.5 Å². The Kier molecular flexibility index (Phi) is 5.00. The fraction of sp³-hybridized carbons (Fsp3) is 0.529. The Bertz CT molecular complexity index is 891. The highest BCUT2D eigenvalue weighted by molar-refractivity contribution is 6.30. The molecule has 2 atom stereocenters. The number of nitrogens with zero attached hydrogens (tertiary/aromatic N) is 4. The topological polar surface area (TPSA) is 109 Å². The van der Waals surface area contributed by atoms with E-state index >= 15 is 0 Å². The normalized spacial score (nSPS) is 19.5. The number of halogens is 1. The lowest BCUT2D eigenvalue weighted by Crippen LogP contribution is -2.50. The van der Waals surface area contributed by atoms with Gasteiger partial charge in [-0.3, -0.25) is 9.69 Å². The molecule has 1 fully saturated rings. The quantitative estimate of drug-likeness (QED) is 0.769. The minimum absolute atomic E-state index is 0.103. The number of anilines is 1. The van der Waals surface area contributed by atoms with E-state index in [0.29, 0.717) is 18.7 Å². The van der Waals surface area contributed by atoms with Crippen molar-refractivity contribution in [3.63, 3.8) is 0 Å². The molecule has 2 aromatic heterocycles. The molecule has 3 rings (SSSR count). The van der Waals surface area contributed by atoms with Gasteiger partial charge in [0.1, 0.15) is 22.1 Å². The molecule has 9 nitrogen and oxygen atoms in total. The molecule has 0 aromatic carbocycles. The standard InChI is InChI=1S/C17H22ClN5O4/c1-17(2,3)27-16(26)22(4)13-7-12(18)21-14-9(8-19-23(13)14)15(25)20-10-5-6-11(10)24/h7-8,10-11,24H,5-6H2,1-4H3,(H,20,25)/t10-,11+/m0/s1. The molecule has 2 aromatic rings. The summed E-state index contributed by atoms with van der Waals surface area (Å²) in [5.41, 5.74) is -0.255. The van der Waals surface area contributed by atoms with Crippen LogP contribution in [0.4, 0.5) is 10.6 Å². The summed E-state index contributed by atoms with van der Waals surface area (Å²) in [4.78, 5) is 30.3. The number of amides is 2.